The van der Waals surface area contributed by atoms with Crippen molar-refractivity contribution in [3.8, 4) is 0 Å². The highest BCUT2D eigenvalue weighted by molar-refractivity contribution is 7.45. The van der Waals surface area contributed by atoms with E-state index in [0.717, 1.165) is 89.9 Å². The molecular formula is C82H148NO8P. The van der Waals surface area contributed by atoms with Gasteiger partial charge in [-0.3, -0.25) is 14.2 Å². The van der Waals surface area contributed by atoms with Gasteiger partial charge in [0.05, 0.1) is 27.7 Å². The maximum atomic E-state index is 12.9. The molecule has 2 unspecified atom stereocenters. The molecule has 0 fully saturated rings. The number of likely N-dealkylation sites (N-methyl/N-ethyl adjacent to an activating group) is 1. The number of rotatable bonds is 72. The lowest BCUT2D eigenvalue weighted by atomic mass is 10.0. The molecule has 0 heterocycles. The average molecular weight is 1310 g/mol. The molecule has 0 amide bonds. The second-order valence-corrected chi connectivity index (χ2v) is 28.8. The fourth-order valence-electron chi connectivity index (χ4n) is 11.2. The highest BCUT2D eigenvalue weighted by Gasteiger charge is 2.22. The van der Waals surface area contributed by atoms with E-state index < -0.39 is 26.5 Å². The number of phosphoric ester groups is 1. The SMILES string of the molecule is CC/C=C\C/C=C\C/C=C\C/C=C\C/C=C\C/C=C\CCCCCCCCCCCCC(=O)OC(COC(=O)CCCCCCCCCCCCCCCCCCCCCCCCCCCCC/C=C\C/C=C\CCCCCCC)COP(=O)([O-])OCC[N+](C)(C)C. The Hall–Kier alpha value is -3.07. The van der Waals surface area contributed by atoms with Crippen LogP contribution in [0, 0.1) is 0 Å². The van der Waals surface area contributed by atoms with E-state index in [2.05, 4.69) is 111 Å². The summed E-state index contributed by atoms with van der Waals surface area (Å²) < 4.78 is 34.4. The number of quaternary nitrogens is 1. The summed E-state index contributed by atoms with van der Waals surface area (Å²) in [5.74, 6) is -0.827. The first-order valence-electron chi connectivity index (χ1n) is 38.9. The molecule has 0 aromatic carbocycles. The number of allylic oxidation sites excluding steroid dienone is 16. The van der Waals surface area contributed by atoms with E-state index in [1.165, 1.54) is 238 Å². The molecule has 0 bridgehead atoms. The molecule has 0 rings (SSSR count). The molecule has 92 heavy (non-hydrogen) atoms. The molecule has 0 N–H and O–H groups in total. The zero-order valence-electron chi connectivity index (χ0n) is 61.0. The Labute approximate surface area is 570 Å². The van der Waals surface area contributed by atoms with Crippen LogP contribution in [-0.4, -0.2) is 70.0 Å². The van der Waals surface area contributed by atoms with E-state index >= 15 is 0 Å². The fourth-order valence-corrected chi connectivity index (χ4v) is 11.9. The minimum absolute atomic E-state index is 0.0337. The standard InChI is InChI=1S/C82H148NO8P/c1-6-8-10-12-14-16-18-20-22-24-26-28-30-32-34-36-37-38-39-40-41-42-43-44-45-47-48-50-52-54-56-58-60-62-64-66-68-70-72-74-81(84)88-78-80(79-90-92(86,87)89-77-76-83(3,4)5)91-82(85)75-73-71-69-67-65-63-61-59-57-55-53-51-49-46-35-33-31-29-27-25-23-21-19-17-15-13-11-9-7-2/h9,11,15,17-18,20-21,23-24,26-27,29,33,35,49,51,80H,6-8,10,12-14,16,19,22,25,28,30-32,34,36-48,50,52-79H2,1-5H3/b11-9-,17-15-,20-18-,23-21-,26-24-,29-27-,35-33-,51-49-. The first-order valence-corrected chi connectivity index (χ1v) is 40.4. The highest BCUT2D eigenvalue weighted by atomic mass is 31.2. The number of carbonyl (C=O) groups is 2. The quantitative estimate of drug-likeness (QED) is 0.0195. The van der Waals surface area contributed by atoms with Gasteiger partial charge in [-0.05, 0) is 96.3 Å². The van der Waals surface area contributed by atoms with Crippen molar-refractivity contribution in [2.75, 3.05) is 47.5 Å². The first-order chi connectivity index (χ1) is 45.0. The summed E-state index contributed by atoms with van der Waals surface area (Å²) in [5, 5.41) is 0. The third kappa shape index (κ3) is 76.0. The zero-order valence-corrected chi connectivity index (χ0v) is 61.9. The Morgan fingerprint density at radius 1 is 0.348 bits per heavy atom. The van der Waals surface area contributed by atoms with E-state index in [0.29, 0.717) is 17.4 Å². The van der Waals surface area contributed by atoms with Crippen molar-refractivity contribution < 1.29 is 42.1 Å². The van der Waals surface area contributed by atoms with Crippen LogP contribution in [0.4, 0.5) is 0 Å². The maximum Gasteiger partial charge on any atom is 0.306 e. The molecule has 534 valence electrons. The van der Waals surface area contributed by atoms with Crippen LogP contribution < -0.4 is 4.89 Å². The van der Waals surface area contributed by atoms with Crippen molar-refractivity contribution in [1.29, 1.82) is 0 Å². The Morgan fingerprint density at radius 3 is 0.924 bits per heavy atom. The van der Waals surface area contributed by atoms with Crippen molar-refractivity contribution in [3.05, 3.63) is 97.2 Å². The van der Waals surface area contributed by atoms with Gasteiger partial charge in [0, 0.05) is 12.8 Å². The average Bonchev–Trinajstić information content (AvgIpc) is 2.14. The summed E-state index contributed by atoms with van der Waals surface area (Å²) in [4.78, 5) is 38.1. The Balaban J connectivity index is 3.95. The number of hydrogen-bond donors (Lipinski definition) is 0. The van der Waals surface area contributed by atoms with Crippen molar-refractivity contribution in [2.45, 2.75) is 367 Å². The van der Waals surface area contributed by atoms with Crippen LogP contribution in [0.2, 0.25) is 0 Å². The molecule has 0 aliphatic carbocycles. The van der Waals surface area contributed by atoms with Crippen LogP contribution in [0.1, 0.15) is 361 Å². The van der Waals surface area contributed by atoms with Crippen LogP contribution in [0.5, 0.6) is 0 Å². The van der Waals surface area contributed by atoms with Gasteiger partial charge in [0.25, 0.3) is 7.82 Å². The van der Waals surface area contributed by atoms with Gasteiger partial charge in [-0.2, -0.15) is 0 Å². The number of phosphoric acid groups is 1. The number of esters is 2. The molecule has 0 aromatic rings. The lowest BCUT2D eigenvalue weighted by Crippen LogP contribution is -2.37. The van der Waals surface area contributed by atoms with E-state index in [1.807, 2.05) is 21.1 Å². The highest BCUT2D eigenvalue weighted by Crippen LogP contribution is 2.38. The van der Waals surface area contributed by atoms with Gasteiger partial charge in [0.2, 0.25) is 0 Å². The second-order valence-electron chi connectivity index (χ2n) is 27.3. The summed E-state index contributed by atoms with van der Waals surface area (Å²) >= 11 is 0. The van der Waals surface area contributed by atoms with Crippen LogP contribution >= 0.6 is 7.82 Å². The third-order valence-corrected chi connectivity index (χ3v) is 18.1. The topological polar surface area (TPSA) is 111 Å². The van der Waals surface area contributed by atoms with E-state index in [9.17, 15) is 19.0 Å². The van der Waals surface area contributed by atoms with Gasteiger partial charge in [-0.15, -0.1) is 0 Å². The number of hydrogen-bond acceptors (Lipinski definition) is 8. The van der Waals surface area contributed by atoms with E-state index in [1.54, 1.807) is 0 Å². The smallest absolute Gasteiger partial charge is 0.306 e. The molecule has 9 nitrogen and oxygen atoms in total. The summed E-state index contributed by atoms with van der Waals surface area (Å²) in [7, 11) is 1.17. The molecular weight excluding hydrogens is 1160 g/mol. The lowest BCUT2D eigenvalue weighted by molar-refractivity contribution is -0.870. The van der Waals surface area contributed by atoms with Gasteiger partial charge in [-0.1, -0.05) is 349 Å². The molecule has 0 aromatic heterocycles. The van der Waals surface area contributed by atoms with Crippen LogP contribution in [0.3, 0.4) is 0 Å². The molecule has 0 saturated carbocycles. The molecule has 0 spiro atoms. The van der Waals surface area contributed by atoms with Gasteiger partial charge in [0.15, 0.2) is 6.10 Å². The van der Waals surface area contributed by atoms with Crippen molar-refractivity contribution in [3.63, 3.8) is 0 Å². The van der Waals surface area contributed by atoms with Crippen LogP contribution in [-0.2, 0) is 32.7 Å². The molecule has 10 heteroatoms. The Kier molecular flexibility index (Phi) is 69.8. The minimum atomic E-state index is -4.65. The Morgan fingerprint density at radius 2 is 0.620 bits per heavy atom. The van der Waals surface area contributed by atoms with Gasteiger partial charge in [-0.25, -0.2) is 0 Å². The minimum Gasteiger partial charge on any atom is -0.756 e. The summed E-state index contributed by atoms with van der Waals surface area (Å²) in [6.07, 6.45) is 101. The lowest BCUT2D eigenvalue weighted by Gasteiger charge is -2.28. The largest absolute Gasteiger partial charge is 0.756 e. The van der Waals surface area contributed by atoms with Crippen molar-refractivity contribution in [2.24, 2.45) is 0 Å². The zero-order chi connectivity index (χ0) is 66.9. The number of unbranched alkanes of at least 4 members (excludes halogenated alkanes) is 42. The summed E-state index contributed by atoms with van der Waals surface area (Å²) in [5.41, 5.74) is 0. The van der Waals surface area contributed by atoms with E-state index in [4.69, 9.17) is 18.5 Å². The van der Waals surface area contributed by atoms with Crippen LogP contribution in [0.25, 0.3) is 0 Å². The third-order valence-electron chi connectivity index (χ3n) is 17.1. The van der Waals surface area contributed by atoms with Gasteiger partial charge < -0.3 is 27.9 Å². The molecule has 2 atom stereocenters. The molecule has 0 radical (unpaired) electrons. The number of ether oxygens (including phenoxy) is 2. The predicted octanol–water partition coefficient (Wildman–Crippen LogP) is 25.2. The van der Waals surface area contributed by atoms with E-state index in [-0.39, 0.29) is 32.0 Å². The van der Waals surface area contributed by atoms with Crippen LogP contribution in [0.15, 0.2) is 97.2 Å². The molecule has 0 saturated heterocycles. The number of carbonyl (C=O) groups excluding carboxylic acids is 2. The predicted molar refractivity (Wildman–Crippen MR) is 397 cm³/mol. The molecule has 0 aliphatic heterocycles. The van der Waals surface area contributed by atoms with Gasteiger partial charge >= 0.3 is 11.9 Å². The van der Waals surface area contributed by atoms with Gasteiger partial charge in [0.1, 0.15) is 19.8 Å². The maximum absolute atomic E-state index is 12.9. The monoisotopic (exact) mass is 1310 g/mol. The number of nitrogens with zero attached hydrogens (tertiary/aromatic N) is 1. The second kappa shape index (κ2) is 72.2. The van der Waals surface area contributed by atoms with Crippen molar-refractivity contribution >= 4 is 19.8 Å². The molecule has 0 aliphatic rings. The summed E-state index contributed by atoms with van der Waals surface area (Å²) in [6.45, 7) is 4.15. The first kappa shape index (κ1) is 88.9. The normalized spacial score (nSPS) is 13.6. The summed E-state index contributed by atoms with van der Waals surface area (Å²) in [6, 6.07) is 0. The van der Waals surface area contributed by atoms with Crippen molar-refractivity contribution in [1.82, 2.24) is 0 Å². The Bertz CT molecular complexity index is 1880. The fraction of sp³-hybridized carbons (Fsp3) is 0.780.